The van der Waals surface area contributed by atoms with Gasteiger partial charge in [-0.3, -0.25) is 14.5 Å². The second kappa shape index (κ2) is 6.15. The number of nitrogens with one attached hydrogen (secondary N) is 1. The van der Waals surface area contributed by atoms with Crippen molar-refractivity contribution in [1.29, 1.82) is 0 Å². The Balaban J connectivity index is 1.43. The minimum Gasteiger partial charge on any atom is -0.320 e. The van der Waals surface area contributed by atoms with Gasteiger partial charge in [0.25, 0.3) is 0 Å². The number of hydrogen-bond donors (Lipinski definition) is 1. The van der Waals surface area contributed by atoms with Crippen molar-refractivity contribution in [2.75, 3.05) is 6.67 Å². The molecule has 2 aliphatic heterocycles. The molecule has 6 nitrogen and oxygen atoms in total. The molecule has 3 fully saturated rings. The van der Waals surface area contributed by atoms with Crippen LogP contribution in [-0.4, -0.2) is 46.4 Å². The molecule has 5 rings (SSSR count). The van der Waals surface area contributed by atoms with Gasteiger partial charge in [0.15, 0.2) is 0 Å². The van der Waals surface area contributed by atoms with Gasteiger partial charge in [0.05, 0.1) is 11.8 Å². The molecule has 0 aromatic heterocycles. The van der Waals surface area contributed by atoms with Gasteiger partial charge in [-0.2, -0.15) is 0 Å². The van der Waals surface area contributed by atoms with Crippen LogP contribution in [0.4, 0.5) is 4.79 Å². The van der Waals surface area contributed by atoms with Crippen LogP contribution in [0.25, 0.3) is 0 Å². The lowest BCUT2D eigenvalue weighted by Gasteiger charge is -2.39. The number of hydrogen-bond acceptors (Lipinski definition) is 3. The molecule has 1 saturated carbocycles. The van der Waals surface area contributed by atoms with Crippen molar-refractivity contribution in [3.63, 3.8) is 0 Å². The summed E-state index contributed by atoms with van der Waals surface area (Å²) in [6, 6.07) is 0.212. The van der Waals surface area contributed by atoms with Crippen LogP contribution in [0, 0.1) is 23.7 Å². The summed E-state index contributed by atoms with van der Waals surface area (Å²) in [5.41, 5.74) is 0. The molecular weight excluding hydrogens is 318 g/mol. The van der Waals surface area contributed by atoms with E-state index in [1.54, 1.807) is 0 Å². The lowest BCUT2D eigenvalue weighted by atomic mass is 9.63. The van der Waals surface area contributed by atoms with Gasteiger partial charge in [-0.1, -0.05) is 12.2 Å². The summed E-state index contributed by atoms with van der Waals surface area (Å²) in [5, 5.41) is 2.83. The Hall–Kier alpha value is -1.85. The Labute approximate surface area is 148 Å². The van der Waals surface area contributed by atoms with E-state index in [-0.39, 0.29) is 60.3 Å². The van der Waals surface area contributed by atoms with Crippen molar-refractivity contribution in [3.05, 3.63) is 12.2 Å². The number of likely N-dealkylation sites (tertiary alicyclic amines) is 2. The molecule has 4 amide bonds. The number of imide groups is 1. The highest BCUT2D eigenvalue weighted by Gasteiger charge is 2.56. The zero-order valence-corrected chi connectivity index (χ0v) is 15.0. The fourth-order valence-corrected chi connectivity index (χ4v) is 5.35. The third kappa shape index (κ3) is 2.57. The van der Waals surface area contributed by atoms with E-state index in [1.807, 2.05) is 4.90 Å². The summed E-state index contributed by atoms with van der Waals surface area (Å²) < 4.78 is 0. The predicted molar refractivity (Wildman–Crippen MR) is 92.2 cm³/mol. The van der Waals surface area contributed by atoms with E-state index >= 15 is 0 Å². The standard InChI is InChI=1S/C19H27N3O3/c1-11-4-3-5-12(2)22(11)19(25)20-10-21-17(23)15-13-6-7-14(9-8-13)16(15)18(21)24/h6-7,11-16H,3-5,8-10H2,1-2H3,(H,20,25)/t11-,12-,13+,14+,15-,16+/m1/s1. The number of fused-ring (bicyclic) bond motifs is 1. The maximum atomic E-state index is 12.8. The fourth-order valence-electron chi connectivity index (χ4n) is 5.35. The monoisotopic (exact) mass is 345 g/mol. The first kappa shape index (κ1) is 16.6. The molecule has 136 valence electrons. The van der Waals surface area contributed by atoms with Gasteiger partial charge < -0.3 is 10.2 Å². The van der Waals surface area contributed by atoms with Crippen molar-refractivity contribution < 1.29 is 14.4 Å². The molecule has 0 aromatic rings. The van der Waals surface area contributed by atoms with Gasteiger partial charge in [0.2, 0.25) is 11.8 Å². The SMILES string of the molecule is C[C@@H]1CCC[C@@H](C)N1C(=O)NCN1C(=O)[C@@H]2[C@H](C1=O)[C@H]1C=C[C@H]2CC1. The highest BCUT2D eigenvalue weighted by molar-refractivity contribution is 6.06. The van der Waals surface area contributed by atoms with E-state index in [9.17, 15) is 14.4 Å². The second-order valence-electron chi connectivity index (χ2n) is 8.12. The van der Waals surface area contributed by atoms with Crippen LogP contribution in [0.1, 0.15) is 46.0 Å². The van der Waals surface area contributed by atoms with Crippen molar-refractivity contribution in [2.45, 2.75) is 58.0 Å². The third-order valence-electron chi connectivity index (χ3n) is 6.67. The summed E-state index contributed by atoms with van der Waals surface area (Å²) in [6.45, 7) is 4.11. The molecule has 2 heterocycles. The lowest BCUT2D eigenvalue weighted by molar-refractivity contribution is -0.140. The van der Waals surface area contributed by atoms with Crippen LogP contribution in [-0.2, 0) is 9.59 Å². The first-order valence-corrected chi connectivity index (χ1v) is 9.58. The van der Waals surface area contributed by atoms with Gasteiger partial charge >= 0.3 is 6.03 Å². The van der Waals surface area contributed by atoms with E-state index in [1.165, 1.54) is 4.90 Å². The Kier molecular flexibility index (Phi) is 4.08. The predicted octanol–water partition coefficient (Wildman–Crippen LogP) is 2.11. The Morgan fingerprint density at radius 2 is 1.52 bits per heavy atom. The van der Waals surface area contributed by atoms with E-state index in [2.05, 4.69) is 31.3 Å². The lowest BCUT2D eigenvalue weighted by Crippen LogP contribution is -2.54. The van der Waals surface area contributed by atoms with Gasteiger partial charge in [-0.05, 0) is 57.8 Å². The van der Waals surface area contributed by atoms with Crippen LogP contribution >= 0.6 is 0 Å². The van der Waals surface area contributed by atoms with Gasteiger partial charge in [0.1, 0.15) is 6.67 Å². The number of allylic oxidation sites excluding steroid dienone is 2. The average molecular weight is 345 g/mol. The quantitative estimate of drug-likeness (QED) is 0.616. The molecule has 0 spiro atoms. The molecule has 25 heavy (non-hydrogen) atoms. The molecule has 6 atom stereocenters. The van der Waals surface area contributed by atoms with Crippen molar-refractivity contribution in [2.24, 2.45) is 23.7 Å². The summed E-state index contributed by atoms with van der Waals surface area (Å²) >= 11 is 0. The number of amides is 4. The molecule has 6 heteroatoms. The number of rotatable bonds is 2. The number of carbonyl (C=O) groups is 3. The minimum atomic E-state index is -0.207. The Bertz CT molecular complexity index is 589. The summed E-state index contributed by atoms with van der Waals surface area (Å²) in [6.07, 6.45) is 9.33. The van der Waals surface area contributed by atoms with Crippen molar-refractivity contribution in [3.8, 4) is 0 Å². The summed E-state index contributed by atoms with van der Waals surface area (Å²) in [5.74, 6) is -0.242. The molecule has 2 bridgehead atoms. The molecular formula is C19H27N3O3. The van der Waals surface area contributed by atoms with E-state index in [0.29, 0.717) is 0 Å². The molecule has 0 unspecified atom stereocenters. The molecule has 3 aliphatic carbocycles. The maximum absolute atomic E-state index is 12.8. The Morgan fingerprint density at radius 1 is 1.00 bits per heavy atom. The van der Waals surface area contributed by atoms with Crippen LogP contribution < -0.4 is 5.32 Å². The van der Waals surface area contributed by atoms with Crippen LogP contribution in [0.2, 0.25) is 0 Å². The average Bonchev–Trinajstić information content (AvgIpc) is 2.87. The molecule has 0 aromatic carbocycles. The summed E-state index contributed by atoms with van der Waals surface area (Å²) in [4.78, 5) is 41.3. The van der Waals surface area contributed by atoms with Crippen molar-refractivity contribution >= 4 is 17.8 Å². The topological polar surface area (TPSA) is 69.7 Å². The van der Waals surface area contributed by atoms with E-state index in [4.69, 9.17) is 0 Å². The normalized spacial score (nSPS) is 39.8. The molecule has 5 aliphatic rings. The van der Waals surface area contributed by atoms with E-state index < -0.39 is 0 Å². The minimum absolute atomic E-state index is 0.00111. The first-order chi connectivity index (χ1) is 12.0. The molecule has 0 radical (unpaired) electrons. The van der Waals surface area contributed by atoms with Gasteiger partial charge in [-0.25, -0.2) is 4.79 Å². The Morgan fingerprint density at radius 3 is 2.00 bits per heavy atom. The highest BCUT2D eigenvalue weighted by Crippen LogP contribution is 2.49. The van der Waals surface area contributed by atoms with E-state index in [0.717, 1.165) is 32.1 Å². The largest absolute Gasteiger partial charge is 0.320 e. The van der Waals surface area contributed by atoms with Crippen LogP contribution in [0.15, 0.2) is 12.2 Å². The van der Waals surface area contributed by atoms with Crippen LogP contribution in [0.5, 0.6) is 0 Å². The van der Waals surface area contributed by atoms with Gasteiger partial charge in [-0.15, -0.1) is 0 Å². The number of urea groups is 1. The maximum Gasteiger partial charge on any atom is 0.319 e. The van der Waals surface area contributed by atoms with Crippen LogP contribution in [0.3, 0.4) is 0 Å². The third-order valence-corrected chi connectivity index (χ3v) is 6.67. The summed E-state index contributed by atoms with van der Waals surface area (Å²) in [7, 11) is 0. The molecule has 2 saturated heterocycles. The number of piperidine rings is 1. The smallest absolute Gasteiger partial charge is 0.319 e. The zero-order valence-electron chi connectivity index (χ0n) is 15.0. The number of nitrogens with zero attached hydrogens (tertiary/aromatic N) is 2. The first-order valence-electron chi connectivity index (χ1n) is 9.58. The highest BCUT2D eigenvalue weighted by atomic mass is 16.2. The van der Waals surface area contributed by atoms with Gasteiger partial charge in [0, 0.05) is 12.1 Å². The fraction of sp³-hybridized carbons (Fsp3) is 0.737. The number of carbonyl (C=O) groups excluding carboxylic acids is 3. The van der Waals surface area contributed by atoms with Crippen molar-refractivity contribution in [1.82, 2.24) is 15.1 Å². The second-order valence-corrected chi connectivity index (χ2v) is 8.12. The molecule has 1 N–H and O–H groups in total. The zero-order chi connectivity index (χ0) is 17.7.